The van der Waals surface area contributed by atoms with E-state index in [2.05, 4.69) is 9.97 Å². The molecule has 1 atom stereocenters. The van der Waals surface area contributed by atoms with Gasteiger partial charge in [-0.15, -0.1) is 0 Å². The molecule has 23 heavy (non-hydrogen) atoms. The van der Waals surface area contributed by atoms with Crippen molar-refractivity contribution in [2.45, 2.75) is 25.1 Å². The molecule has 6 nitrogen and oxygen atoms in total. The van der Waals surface area contributed by atoms with Crippen LogP contribution in [0, 0.1) is 13.8 Å². The second-order valence-corrected chi connectivity index (χ2v) is 6.38. The van der Waals surface area contributed by atoms with Gasteiger partial charge in [-0.3, -0.25) is 4.79 Å². The molecule has 1 aliphatic rings. The minimum atomic E-state index is -0.190. The van der Waals surface area contributed by atoms with Gasteiger partial charge in [0.05, 0.1) is 25.2 Å². The summed E-state index contributed by atoms with van der Waals surface area (Å²) in [5.41, 5.74) is 1.83. The van der Waals surface area contributed by atoms with Gasteiger partial charge in [-0.1, -0.05) is 11.8 Å². The van der Waals surface area contributed by atoms with E-state index >= 15 is 0 Å². The number of hydrogen-bond acceptors (Lipinski definition) is 6. The summed E-state index contributed by atoms with van der Waals surface area (Å²) in [5.74, 6) is 1.15. The predicted octanol–water partition coefficient (Wildman–Crippen LogP) is 2.38. The van der Waals surface area contributed by atoms with Crippen LogP contribution in [0.2, 0.25) is 0 Å². The quantitative estimate of drug-likeness (QED) is 0.632. The van der Waals surface area contributed by atoms with E-state index in [1.807, 2.05) is 36.9 Å². The van der Waals surface area contributed by atoms with Gasteiger partial charge in [0.15, 0.2) is 5.16 Å². The third-order valence-electron chi connectivity index (χ3n) is 3.57. The molecule has 3 rings (SSSR count). The standard InChI is InChI=1S/C16H19N3O3S/c1-11-8-12(2)18-16(17-11)23-10-15(20)19-5-7-22-14(9-19)13-4-3-6-21-13/h3-4,6,8,14H,5,7,9-10H2,1-2H3/t14-/m1/s1. The molecular weight excluding hydrogens is 314 g/mol. The first-order valence-electron chi connectivity index (χ1n) is 7.49. The Bertz CT molecular complexity index is 655. The third kappa shape index (κ3) is 4.11. The summed E-state index contributed by atoms with van der Waals surface area (Å²) < 4.78 is 11.0. The fourth-order valence-corrected chi connectivity index (χ4v) is 3.35. The van der Waals surface area contributed by atoms with Crippen molar-refractivity contribution < 1.29 is 13.9 Å². The average molecular weight is 333 g/mol. The van der Waals surface area contributed by atoms with Crippen LogP contribution in [0.4, 0.5) is 0 Å². The van der Waals surface area contributed by atoms with Crippen LogP contribution in [0.1, 0.15) is 23.3 Å². The van der Waals surface area contributed by atoms with Crippen LogP contribution >= 0.6 is 11.8 Å². The van der Waals surface area contributed by atoms with Crippen molar-refractivity contribution in [2.24, 2.45) is 0 Å². The lowest BCUT2D eigenvalue weighted by Gasteiger charge is -2.31. The van der Waals surface area contributed by atoms with Gasteiger partial charge in [-0.2, -0.15) is 0 Å². The van der Waals surface area contributed by atoms with Crippen molar-refractivity contribution >= 4 is 17.7 Å². The normalized spacial score (nSPS) is 18.2. The number of furan rings is 1. The molecule has 2 aromatic rings. The molecule has 0 bridgehead atoms. The van der Waals surface area contributed by atoms with Gasteiger partial charge in [-0.25, -0.2) is 9.97 Å². The summed E-state index contributed by atoms with van der Waals surface area (Å²) in [6.07, 6.45) is 1.43. The minimum Gasteiger partial charge on any atom is -0.467 e. The molecule has 0 aromatic carbocycles. The van der Waals surface area contributed by atoms with Crippen LogP contribution in [0.15, 0.2) is 34.0 Å². The van der Waals surface area contributed by atoms with E-state index in [9.17, 15) is 4.79 Å². The lowest BCUT2D eigenvalue weighted by molar-refractivity contribution is -0.136. The van der Waals surface area contributed by atoms with Crippen molar-refractivity contribution in [3.63, 3.8) is 0 Å². The summed E-state index contributed by atoms with van der Waals surface area (Å²) >= 11 is 1.37. The van der Waals surface area contributed by atoms with Crippen molar-refractivity contribution in [1.82, 2.24) is 14.9 Å². The number of hydrogen-bond donors (Lipinski definition) is 0. The van der Waals surface area contributed by atoms with Crippen LogP contribution in [-0.2, 0) is 9.53 Å². The Morgan fingerprint density at radius 2 is 2.17 bits per heavy atom. The SMILES string of the molecule is Cc1cc(C)nc(SCC(=O)N2CCO[C@@H](c3ccco3)C2)n1. The molecule has 0 aliphatic carbocycles. The molecule has 0 saturated carbocycles. The molecule has 0 N–H and O–H groups in total. The number of ether oxygens (including phenoxy) is 1. The van der Waals surface area contributed by atoms with E-state index in [-0.39, 0.29) is 12.0 Å². The summed E-state index contributed by atoms with van der Waals surface area (Å²) in [6, 6.07) is 5.62. The zero-order chi connectivity index (χ0) is 16.2. The smallest absolute Gasteiger partial charge is 0.233 e. The molecule has 2 aromatic heterocycles. The zero-order valence-electron chi connectivity index (χ0n) is 13.2. The second-order valence-electron chi connectivity index (χ2n) is 5.44. The minimum absolute atomic E-state index is 0.0672. The first-order valence-corrected chi connectivity index (χ1v) is 8.48. The fraction of sp³-hybridized carbons (Fsp3) is 0.438. The predicted molar refractivity (Wildman–Crippen MR) is 86.2 cm³/mol. The Morgan fingerprint density at radius 1 is 1.39 bits per heavy atom. The molecule has 1 saturated heterocycles. The lowest BCUT2D eigenvalue weighted by atomic mass is 10.2. The number of thioether (sulfide) groups is 1. The first-order chi connectivity index (χ1) is 11.1. The molecule has 1 amide bonds. The summed E-state index contributed by atoms with van der Waals surface area (Å²) in [5, 5.41) is 0.645. The van der Waals surface area contributed by atoms with Crippen LogP contribution < -0.4 is 0 Å². The third-order valence-corrected chi connectivity index (χ3v) is 4.40. The van der Waals surface area contributed by atoms with Crippen molar-refractivity contribution in [1.29, 1.82) is 0 Å². The Labute approximate surface area is 139 Å². The molecule has 1 fully saturated rings. The summed E-state index contributed by atoms with van der Waals surface area (Å²) in [6.45, 7) is 5.49. The van der Waals surface area contributed by atoms with Crippen molar-refractivity contribution in [3.05, 3.63) is 41.6 Å². The van der Waals surface area contributed by atoms with E-state index in [1.165, 1.54) is 11.8 Å². The van der Waals surface area contributed by atoms with Gasteiger partial charge < -0.3 is 14.1 Å². The van der Waals surface area contributed by atoms with Crippen molar-refractivity contribution in [2.75, 3.05) is 25.4 Å². The fourth-order valence-electron chi connectivity index (χ4n) is 2.50. The number of carbonyl (C=O) groups is 1. The maximum Gasteiger partial charge on any atom is 0.233 e. The summed E-state index contributed by atoms with van der Waals surface area (Å²) in [7, 11) is 0. The zero-order valence-corrected chi connectivity index (χ0v) is 14.0. The number of aromatic nitrogens is 2. The van der Waals surface area contributed by atoms with Gasteiger partial charge in [0.25, 0.3) is 0 Å². The number of nitrogens with zero attached hydrogens (tertiary/aromatic N) is 3. The molecule has 0 spiro atoms. The van der Waals surface area contributed by atoms with Gasteiger partial charge >= 0.3 is 0 Å². The van der Waals surface area contributed by atoms with E-state index in [1.54, 1.807) is 6.26 Å². The molecular formula is C16H19N3O3S. The van der Waals surface area contributed by atoms with Crippen LogP contribution in [-0.4, -0.2) is 46.2 Å². The largest absolute Gasteiger partial charge is 0.467 e. The maximum absolute atomic E-state index is 12.4. The molecule has 0 radical (unpaired) electrons. The Morgan fingerprint density at radius 3 is 2.87 bits per heavy atom. The Balaban J connectivity index is 1.57. The molecule has 1 aliphatic heterocycles. The van der Waals surface area contributed by atoms with E-state index in [0.717, 1.165) is 17.1 Å². The van der Waals surface area contributed by atoms with Gasteiger partial charge in [0, 0.05) is 17.9 Å². The topological polar surface area (TPSA) is 68.5 Å². The van der Waals surface area contributed by atoms with Crippen molar-refractivity contribution in [3.8, 4) is 0 Å². The molecule has 7 heteroatoms. The highest BCUT2D eigenvalue weighted by atomic mass is 32.2. The lowest BCUT2D eigenvalue weighted by Crippen LogP contribution is -2.43. The summed E-state index contributed by atoms with van der Waals surface area (Å²) in [4.78, 5) is 22.9. The number of morpholine rings is 1. The number of carbonyl (C=O) groups excluding carboxylic acids is 1. The Kier molecular flexibility index (Phi) is 4.97. The first kappa shape index (κ1) is 16.0. The second kappa shape index (κ2) is 7.14. The Hall–Kier alpha value is -1.86. The number of aryl methyl sites for hydroxylation is 2. The van der Waals surface area contributed by atoms with Gasteiger partial charge in [-0.05, 0) is 32.0 Å². The van der Waals surface area contributed by atoms with E-state index < -0.39 is 0 Å². The van der Waals surface area contributed by atoms with Gasteiger partial charge in [0.2, 0.25) is 5.91 Å². The maximum atomic E-state index is 12.4. The highest BCUT2D eigenvalue weighted by molar-refractivity contribution is 7.99. The van der Waals surface area contributed by atoms with Crippen LogP contribution in [0.3, 0.4) is 0 Å². The van der Waals surface area contributed by atoms with Gasteiger partial charge in [0.1, 0.15) is 11.9 Å². The monoisotopic (exact) mass is 333 g/mol. The van der Waals surface area contributed by atoms with Crippen LogP contribution in [0.25, 0.3) is 0 Å². The average Bonchev–Trinajstić information content (AvgIpc) is 3.06. The molecule has 122 valence electrons. The molecule has 0 unspecified atom stereocenters. The molecule has 3 heterocycles. The van der Waals surface area contributed by atoms with Crippen LogP contribution in [0.5, 0.6) is 0 Å². The van der Waals surface area contributed by atoms with E-state index in [4.69, 9.17) is 9.15 Å². The number of rotatable bonds is 4. The number of amides is 1. The van der Waals surface area contributed by atoms with E-state index in [0.29, 0.717) is 30.6 Å². The highest BCUT2D eigenvalue weighted by Crippen LogP contribution is 2.23. The highest BCUT2D eigenvalue weighted by Gasteiger charge is 2.27.